The first kappa shape index (κ1) is 15.1. The molecule has 20 heavy (non-hydrogen) atoms. The lowest BCUT2D eigenvalue weighted by molar-refractivity contribution is -0.0498. The van der Waals surface area contributed by atoms with Crippen molar-refractivity contribution in [2.24, 2.45) is 0 Å². The molecule has 0 aromatic heterocycles. The van der Waals surface area contributed by atoms with Gasteiger partial charge in [-0.1, -0.05) is 27.5 Å². The molecule has 0 bridgehead atoms. The first-order valence-corrected chi connectivity index (χ1v) is 6.94. The lowest BCUT2D eigenvalue weighted by Crippen LogP contribution is -2.03. The highest BCUT2D eigenvalue weighted by Crippen LogP contribution is 2.23. The predicted octanol–water partition coefficient (Wildman–Crippen LogP) is 5.32. The zero-order chi connectivity index (χ0) is 14.5. The summed E-state index contributed by atoms with van der Waals surface area (Å²) in [7, 11) is 0. The van der Waals surface area contributed by atoms with Gasteiger partial charge in [0.15, 0.2) is 0 Å². The second-order valence-corrected chi connectivity index (χ2v) is 5.28. The minimum Gasteiger partial charge on any atom is -0.435 e. The molecule has 2 aromatic rings. The third-order valence-electron chi connectivity index (χ3n) is 2.57. The summed E-state index contributed by atoms with van der Waals surface area (Å²) in [5.74, 6) is 0.134. The van der Waals surface area contributed by atoms with Crippen LogP contribution in [0, 0.1) is 0 Å². The molecule has 0 spiro atoms. The largest absolute Gasteiger partial charge is 0.435 e. The van der Waals surface area contributed by atoms with E-state index in [4.69, 9.17) is 11.6 Å². The van der Waals surface area contributed by atoms with Gasteiger partial charge in [-0.05, 0) is 48.0 Å². The van der Waals surface area contributed by atoms with Crippen molar-refractivity contribution in [3.63, 3.8) is 0 Å². The van der Waals surface area contributed by atoms with Crippen molar-refractivity contribution in [3.8, 4) is 5.75 Å². The average molecular weight is 363 g/mol. The molecule has 106 valence electrons. The molecule has 2 aromatic carbocycles. The number of nitrogens with one attached hydrogen (secondary N) is 1. The number of alkyl halides is 2. The zero-order valence-electron chi connectivity index (χ0n) is 10.2. The van der Waals surface area contributed by atoms with Crippen molar-refractivity contribution in [3.05, 3.63) is 57.5 Å². The summed E-state index contributed by atoms with van der Waals surface area (Å²) in [4.78, 5) is 0. The maximum Gasteiger partial charge on any atom is 0.387 e. The van der Waals surface area contributed by atoms with Crippen molar-refractivity contribution < 1.29 is 13.5 Å². The highest BCUT2D eigenvalue weighted by Gasteiger charge is 2.04. The van der Waals surface area contributed by atoms with E-state index < -0.39 is 6.61 Å². The molecule has 0 unspecified atom stereocenters. The van der Waals surface area contributed by atoms with Gasteiger partial charge in [-0.3, -0.25) is 0 Å². The Bertz CT molecular complexity index is 578. The van der Waals surface area contributed by atoms with Crippen LogP contribution < -0.4 is 10.1 Å². The highest BCUT2D eigenvalue weighted by atomic mass is 79.9. The van der Waals surface area contributed by atoms with Gasteiger partial charge in [0, 0.05) is 21.7 Å². The third kappa shape index (κ3) is 4.35. The van der Waals surface area contributed by atoms with Crippen LogP contribution in [0.15, 0.2) is 46.9 Å². The van der Waals surface area contributed by atoms with Crippen LogP contribution in [0.4, 0.5) is 14.5 Å². The third-order valence-corrected chi connectivity index (χ3v) is 3.58. The molecule has 0 fully saturated rings. The molecule has 0 saturated heterocycles. The van der Waals surface area contributed by atoms with Gasteiger partial charge in [0.1, 0.15) is 5.75 Å². The van der Waals surface area contributed by atoms with Crippen molar-refractivity contribution in [1.29, 1.82) is 0 Å². The van der Waals surface area contributed by atoms with Crippen LogP contribution in [0.2, 0.25) is 5.02 Å². The molecule has 2 nitrogen and oxygen atoms in total. The Morgan fingerprint density at radius 2 is 1.85 bits per heavy atom. The maximum atomic E-state index is 12.0. The van der Waals surface area contributed by atoms with Crippen LogP contribution >= 0.6 is 27.5 Å². The van der Waals surface area contributed by atoms with E-state index in [9.17, 15) is 8.78 Å². The van der Waals surface area contributed by atoms with Crippen molar-refractivity contribution in [1.82, 2.24) is 0 Å². The van der Waals surface area contributed by atoms with Crippen LogP contribution in [0.3, 0.4) is 0 Å². The van der Waals surface area contributed by atoms with E-state index >= 15 is 0 Å². The van der Waals surface area contributed by atoms with Crippen LogP contribution in [0.5, 0.6) is 5.75 Å². The number of rotatable bonds is 5. The number of benzene rings is 2. The molecule has 0 atom stereocenters. The molecule has 0 heterocycles. The molecule has 0 saturated carbocycles. The second-order valence-electron chi connectivity index (χ2n) is 3.99. The van der Waals surface area contributed by atoms with E-state index in [-0.39, 0.29) is 5.75 Å². The van der Waals surface area contributed by atoms with Crippen LogP contribution in [0.1, 0.15) is 5.56 Å². The zero-order valence-corrected chi connectivity index (χ0v) is 12.6. The van der Waals surface area contributed by atoms with Gasteiger partial charge in [-0.15, -0.1) is 0 Å². The molecule has 0 aliphatic rings. The molecule has 0 amide bonds. The lowest BCUT2D eigenvalue weighted by Gasteiger charge is -2.10. The molecule has 2 rings (SSSR count). The quantitative estimate of drug-likeness (QED) is 0.777. The van der Waals surface area contributed by atoms with Gasteiger partial charge in [0.25, 0.3) is 0 Å². The summed E-state index contributed by atoms with van der Waals surface area (Å²) in [5.41, 5.74) is 1.81. The standard InChI is InChI=1S/C14H11BrClF2NO/c15-13-6-1-10(16)7-9(13)8-19-11-2-4-12(5-3-11)20-14(17)18/h1-7,14,19H,8H2. The molecular formula is C14H11BrClF2NO. The summed E-state index contributed by atoms with van der Waals surface area (Å²) >= 11 is 9.37. The highest BCUT2D eigenvalue weighted by molar-refractivity contribution is 9.10. The van der Waals surface area contributed by atoms with Gasteiger partial charge < -0.3 is 10.1 Å². The fraction of sp³-hybridized carbons (Fsp3) is 0.143. The second kappa shape index (κ2) is 6.90. The predicted molar refractivity (Wildman–Crippen MR) is 79.6 cm³/mol. The van der Waals surface area contributed by atoms with Gasteiger partial charge in [0.2, 0.25) is 0 Å². The topological polar surface area (TPSA) is 21.3 Å². The maximum absolute atomic E-state index is 12.0. The Hall–Kier alpha value is -1.33. The summed E-state index contributed by atoms with van der Waals surface area (Å²) in [6.07, 6.45) is 0. The van der Waals surface area contributed by atoms with E-state index in [1.807, 2.05) is 12.1 Å². The van der Waals surface area contributed by atoms with Crippen molar-refractivity contribution >= 4 is 33.2 Å². The summed E-state index contributed by atoms with van der Waals surface area (Å²) in [6, 6.07) is 11.9. The van der Waals surface area contributed by atoms with Gasteiger partial charge in [0.05, 0.1) is 0 Å². The molecule has 0 aliphatic heterocycles. The Morgan fingerprint density at radius 3 is 2.50 bits per heavy atom. The number of anilines is 1. The molecule has 0 radical (unpaired) electrons. The Morgan fingerprint density at radius 1 is 1.15 bits per heavy atom. The first-order chi connectivity index (χ1) is 9.54. The van der Waals surface area contributed by atoms with Gasteiger partial charge in [-0.25, -0.2) is 0 Å². The van der Waals surface area contributed by atoms with E-state index in [1.54, 1.807) is 18.2 Å². The number of halogens is 4. The molecule has 1 N–H and O–H groups in total. The normalized spacial score (nSPS) is 10.7. The van der Waals surface area contributed by atoms with Crippen molar-refractivity contribution in [2.75, 3.05) is 5.32 Å². The Labute approximate surface area is 128 Å². The van der Waals surface area contributed by atoms with Gasteiger partial charge in [-0.2, -0.15) is 8.78 Å². The smallest absolute Gasteiger partial charge is 0.387 e. The van der Waals surface area contributed by atoms with Gasteiger partial charge >= 0.3 is 6.61 Å². The summed E-state index contributed by atoms with van der Waals surface area (Å²) in [5, 5.41) is 3.84. The minimum absolute atomic E-state index is 0.134. The monoisotopic (exact) mass is 361 g/mol. The SMILES string of the molecule is FC(F)Oc1ccc(NCc2cc(Cl)ccc2Br)cc1. The van der Waals surface area contributed by atoms with E-state index in [0.717, 1.165) is 15.7 Å². The van der Waals surface area contributed by atoms with Crippen molar-refractivity contribution in [2.45, 2.75) is 13.2 Å². The lowest BCUT2D eigenvalue weighted by atomic mass is 10.2. The van der Waals surface area contributed by atoms with E-state index in [0.29, 0.717) is 11.6 Å². The van der Waals surface area contributed by atoms with E-state index in [1.165, 1.54) is 12.1 Å². The average Bonchev–Trinajstić information content (AvgIpc) is 2.41. The number of hydrogen-bond acceptors (Lipinski definition) is 2. The Balaban J connectivity index is 1.98. The van der Waals surface area contributed by atoms with E-state index in [2.05, 4.69) is 26.0 Å². The van der Waals surface area contributed by atoms with Crippen LogP contribution in [-0.2, 0) is 6.54 Å². The fourth-order valence-electron chi connectivity index (χ4n) is 1.63. The first-order valence-electron chi connectivity index (χ1n) is 5.77. The fourth-order valence-corrected chi connectivity index (χ4v) is 2.21. The van der Waals surface area contributed by atoms with Crippen LogP contribution in [-0.4, -0.2) is 6.61 Å². The summed E-state index contributed by atoms with van der Waals surface area (Å²) in [6.45, 7) is -2.24. The van der Waals surface area contributed by atoms with Crippen LogP contribution in [0.25, 0.3) is 0 Å². The molecule has 6 heteroatoms. The molecular weight excluding hydrogens is 352 g/mol. The number of hydrogen-bond donors (Lipinski definition) is 1. The Kier molecular flexibility index (Phi) is 5.20. The molecule has 0 aliphatic carbocycles. The summed E-state index contributed by atoms with van der Waals surface area (Å²) < 4.78 is 29.3. The minimum atomic E-state index is -2.81. The number of ether oxygens (including phenoxy) is 1.